The lowest BCUT2D eigenvalue weighted by Crippen LogP contribution is -2.30. The maximum absolute atomic E-state index is 12.6. The number of nitrogens with zero attached hydrogens (tertiary/aromatic N) is 5. The van der Waals surface area contributed by atoms with Gasteiger partial charge in [-0.1, -0.05) is 35.6 Å². The number of hydrogen-bond donors (Lipinski definition) is 1. The summed E-state index contributed by atoms with van der Waals surface area (Å²) in [5.41, 5.74) is 10.5. The number of anilines is 1. The standard InChI is InChI=1S/C27H23ClN6O3/c1-15-12-30-20(16(2)22(15)37-3)14-33-13-17(21-23(28)31-27(29)32-24(21)33)8-6-7-11-34-25(35)18-9-4-5-10-19(18)26(34)36/h4-5,9-10,12-13H,7,11,14H2,1-3H3,(H2,29,31,32). The Morgan fingerprint density at radius 3 is 2.49 bits per heavy atom. The van der Waals surface area contributed by atoms with E-state index in [4.69, 9.17) is 22.1 Å². The van der Waals surface area contributed by atoms with Gasteiger partial charge in [-0.05, 0) is 26.0 Å². The van der Waals surface area contributed by atoms with Gasteiger partial charge in [-0.2, -0.15) is 4.98 Å². The van der Waals surface area contributed by atoms with E-state index in [9.17, 15) is 9.59 Å². The number of aromatic nitrogens is 4. The van der Waals surface area contributed by atoms with Crippen molar-refractivity contribution in [1.82, 2.24) is 24.4 Å². The first-order chi connectivity index (χ1) is 17.8. The molecule has 0 unspecified atom stereocenters. The number of fused-ring (bicyclic) bond motifs is 2. The van der Waals surface area contributed by atoms with Crippen LogP contribution in [-0.4, -0.2) is 49.9 Å². The summed E-state index contributed by atoms with van der Waals surface area (Å²) in [4.78, 5) is 39.5. The summed E-state index contributed by atoms with van der Waals surface area (Å²) in [6.45, 7) is 4.47. The summed E-state index contributed by atoms with van der Waals surface area (Å²) in [7, 11) is 1.63. The number of amides is 2. The third-order valence-corrected chi connectivity index (χ3v) is 6.59. The van der Waals surface area contributed by atoms with Crippen LogP contribution in [0.3, 0.4) is 0 Å². The minimum absolute atomic E-state index is 0.0492. The lowest BCUT2D eigenvalue weighted by Gasteiger charge is -2.13. The number of carbonyl (C=O) groups is 2. The minimum Gasteiger partial charge on any atom is -0.496 e. The van der Waals surface area contributed by atoms with Gasteiger partial charge in [-0.3, -0.25) is 19.5 Å². The topological polar surface area (TPSA) is 116 Å². The van der Waals surface area contributed by atoms with Crippen molar-refractivity contribution in [2.75, 3.05) is 19.4 Å². The summed E-state index contributed by atoms with van der Waals surface area (Å²) in [6.07, 6.45) is 3.89. The largest absolute Gasteiger partial charge is 0.496 e. The van der Waals surface area contributed by atoms with Gasteiger partial charge in [0, 0.05) is 36.5 Å². The number of methoxy groups -OCH3 is 1. The van der Waals surface area contributed by atoms with Crippen molar-refractivity contribution in [3.8, 4) is 17.6 Å². The SMILES string of the molecule is COc1c(C)cnc(Cn2cc(C#CCCN3C(=O)c4ccccc4C3=O)c3c(Cl)nc(N)nc32)c1C. The van der Waals surface area contributed by atoms with Crippen LogP contribution in [0, 0.1) is 25.7 Å². The first-order valence-electron chi connectivity index (χ1n) is 11.5. The van der Waals surface area contributed by atoms with Gasteiger partial charge < -0.3 is 15.0 Å². The Bertz CT molecular complexity index is 1610. The van der Waals surface area contributed by atoms with Crippen molar-refractivity contribution >= 4 is 40.4 Å². The summed E-state index contributed by atoms with van der Waals surface area (Å²) in [5, 5.41) is 0.762. The fourth-order valence-corrected chi connectivity index (χ4v) is 4.81. The molecule has 4 heterocycles. The predicted octanol–water partition coefficient (Wildman–Crippen LogP) is 3.77. The van der Waals surface area contributed by atoms with Crippen LogP contribution in [0.1, 0.15) is 49.5 Å². The first-order valence-corrected chi connectivity index (χ1v) is 11.9. The summed E-state index contributed by atoms with van der Waals surface area (Å²) in [6, 6.07) is 6.80. The lowest BCUT2D eigenvalue weighted by molar-refractivity contribution is 0.0658. The highest BCUT2D eigenvalue weighted by Gasteiger charge is 2.34. The molecule has 37 heavy (non-hydrogen) atoms. The molecule has 0 atom stereocenters. The van der Waals surface area contributed by atoms with E-state index in [0.717, 1.165) is 22.6 Å². The van der Waals surface area contributed by atoms with Crippen LogP contribution in [-0.2, 0) is 6.54 Å². The zero-order chi connectivity index (χ0) is 26.3. The number of pyridine rings is 1. The first kappa shape index (κ1) is 24.3. The second kappa shape index (κ2) is 9.56. The normalized spacial score (nSPS) is 12.6. The maximum atomic E-state index is 12.6. The van der Waals surface area contributed by atoms with E-state index in [2.05, 4.69) is 26.8 Å². The number of carbonyl (C=O) groups excluding carboxylic acids is 2. The molecule has 0 fully saturated rings. The summed E-state index contributed by atoms with van der Waals surface area (Å²) in [5.74, 6) is 6.38. The van der Waals surface area contributed by atoms with Crippen LogP contribution in [0.25, 0.3) is 11.0 Å². The predicted molar refractivity (Wildman–Crippen MR) is 140 cm³/mol. The monoisotopic (exact) mass is 514 g/mol. The van der Waals surface area contributed by atoms with Gasteiger partial charge in [-0.15, -0.1) is 0 Å². The van der Waals surface area contributed by atoms with Crippen molar-refractivity contribution in [3.63, 3.8) is 0 Å². The van der Waals surface area contributed by atoms with E-state index in [0.29, 0.717) is 40.7 Å². The van der Waals surface area contributed by atoms with Crippen LogP contribution in [0.5, 0.6) is 5.75 Å². The Kier molecular flexibility index (Phi) is 6.27. The average molecular weight is 515 g/mol. The fourth-order valence-electron chi connectivity index (χ4n) is 4.53. The Morgan fingerprint density at radius 2 is 1.81 bits per heavy atom. The number of nitrogen functional groups attached to an aromatic ring is 1. The second-order valence-electron chi connectivity index (χ2n) is 8.65. The number of imide groups is 1. The van der Waals surface area contributed by atoms with Gasteiger partial charge in [0.2, 0.25) is 5.95 Å². The Balaban J connectivity index is 1.43. The zero-order valence-electron chi connectivity index (χ0n) is 20.5. The van der Waals surface area contributed by atoms with E-state index in [1.54, 1.807) is 37.6 Å². The molecule has 5 rings (SSSR count). The Labute approximate surface area is 218 Å². The van der Waals surface area contributed by atoms with Gasteiger partial charge in [0.25, 0.3) is 11.8 Å². The van der Waals surface area contributed by atoms with E-state index >= 15 is 0 Å². The number of aryl methyl sites for hydroxylation is 1. The Hall–Kier alpha value is -4.42. The van der Waals surface area contributed by atoms with Crippen LogP contribution in [0.4, 0.5) is 5.95 Å². The van der Waals surface area contributed by atoms with Gasteiger partial charge in [0.15, 0.2) is 0 Å². The number of rotatable bonds is 5. The van der Waals surface area contributed by atoms with E-state index in [1.165, 1.54) is 4.90 Å². The molecule has 1 aromatic carbocycles. The zero-order valence-corrected chi connectivity index (χ0v) is 21.3. The van der Waals surface area contributed by atoms with Crippen molar-refractivity contribution in [3.05, 3.63) is 75.3 Å². The molecule has 0 aliphatic carbocycles. The number of hydrogen-bond acceptors (Lipinski definition) is 7. The van der Waals surface area contributed by atoms with Crippen molar-refractivity contribution in [2.45, 2.75) is 26.8 Å². The van der Waals surface area contributed by atoms with E-state index < -0.39 is 0 Å². The molecule has 3 aromatic heterocycles. The summed E-state index contributed by atoms with van der Waals surface area (Å²) < 4.78 is 7.41. The van der Waals surface area contributed by atoms with Gasteiger partial charge in [0.05, 0.1) is 41.4 Å². The number of ether oxygens (including phenoxy) is 1. The number of halogens is 1. The van der Waals surface area contributed by atoms with Gasteiger partial charge in [0.1, 0.15) is 16.5 Å². The molecule has 4 aromatic rings. The average Bonchev–Trinajstić information content (AvgIpc) is 3.33. The smallest absolute Gasteiger partial charge is 0.261 e. The third-order valence-electron chi connectivity index (χ3n) is 6.32. The summed E-state index contributed by atoms with van der Waals surface area (Å²) >= 11 is 6.44. The molecule has 0 saturated heterocycles. The molecular weight excluding hydrogens is 492 g/mol. The van der Waals surface area contributed by atoms with Gasteiger partial charge in [-0.25, -0.2) is 4.98 Å². The fraction of sp³-hybridized carbons (Fsp3) is 0.222. The molecule has 0 bridgehead atoms. The molecular formula is C27H23ClN6O3. The molecule has 0 saturated carbocycles. The highest BCUT2D eigenvalue weighted by Crippen LogP contribution is 2.29. The van der Waals surface area contributed by atoms with Crippen molar-refractivity contribution in [1.29, 1.82) is 0 Å². The lowest BCUT2D eigenvalue weighted by atomic mass is 10.1. The molecule has 1 aliphatic heterocycles. The molecule has 2 amide bonds. The van der Waals surface area contributed by atoms with Crippen LogP contribution in [0.2, 0.25) is 5.15 Å². The minimum atomic E-state index is -0.303. The van der Waals surface area contributed by atoms with Crippen molar-refractivity contribution in [2.24, 2.45) is 0 Å². The third kappa shape index (κ3) is 4.26. The van der Waals surface area contributed by atoms with Crippen LogP contribution < -0.4 is 10.5 Å². The van der Waals surface area contributed by atoms with Crippen LogP contribution >= 0.6 is 11.6 Å². The molecule has 2 N–H and O–H groups in total. The maximum Gasteiger partial charge on any atom is 0.261 e. The van der Waals surface area contributed by atoms with E-state index in [1.807, 2.05) is 24.6 Å². The van der Waals surface area contributed by atoms with Crippen molar-refractivity contribution < 1.29 is 14.3 Å². The number of nitrogens with two attached hydrogens (primary N) is 1. The van der Waals surface area contributed by atoms with Gasteiger partial charge >= 0.3 is 0 Å². The highest BCUT2D eigenvalue weighted by atomic mass is 35.5. The molecule has 9 nitrogen and oxygen atoms in total. The number of benzene rings is 1. The highest BCUT2D eigenvalue weighted by molar-refractivity contribution is 6.34. The van der Waals surface area contributed by atoms with E-state index in [-0.39, 0.29) is 29.5 Å². The molecule has 186 valence electrons. The Morgan fingerprint density at radius 1 is 1.11 bits per heavy atom. The molecule has 1 aliphatic rings. The second-order valence-corrected chi connectivity index (χ2v) is 9.01. The molecule has 0 radical (unpaired) electrons. The molecule has 0 spiro atoms. The quantitative estimate of drug-likeness (QED) is 0.245. The van der Waals surface area contributed by atoms with Crippen LogP contribution in [0.15, 0.2) is 36.7 Å². The molecule has 10 heteroatoms.